The molecule has 0 bridgehead atoms. The van der Waals surface area contributed by atoms with Gasteiger partial charge in [0.2, 0.25) is 5.28 Å². The lowest BCUT2D eigenvalue weighted by Gasteiger charge is -2.13. The number of ether oxygens (including phenoxy) is 1. The van der Waals surface area contributed by atoms with Gasteiger partial charge in [0.15, 0.2) is 0 Å². The van der Waals surface area contributed by atoms with Crippen molar-refractivity contribution in [3.05, 3.63) is 64.0 Å². The van der Waals surface area contributed by atoms with E-state index in [2.05, 4.69) is 4.98 Å². The van der Waals surface area contributed by atoms with Gasteiger partial charge in [0, 0.05) is 17.2 Å². The summed E-state index contributed by atoms with van der Waals surface area (Å²) in [6.07, 6.45) is 0. The maximum Gasteiger partial charge on any atom is 0.208 e. The molecule has 0 fully saturated rings. The third-order valence-corrected chi connectivity index (χ3v) is 4.05. The van der Waals surface area contributed by atoms with Gasteiger partial charge >= 0.3 is 0 Å². The van der Waals surface area contributed by atoms with Crippen LogP contribution in [0.5, 0.6) is 5.75 Å². The average molecular weight is 369 g/mol. The quantitative estimate of drug-likeness (QED) is 0.615. The Hall–Kier alpha value is -2.11. The van der Waals surface area contributed by atoms with Gasteiger partial charge < -0.3 is 4.74 Å². The summed E-state index contributed by atoms with van der Waals surface area (Å²) in [4.78, 5) is 4.14. The second-order valence-corrected chi connectivity index (χ2v) is 5.87. The Labute approximate surface area is 147 Å². The largest absolute Gasteiger partial charge is 0.497 e. The van der Waals surface area contributed by atoms with Crippen molar-refractivity contribution in [1.82, 2.24) is 9.55 Å². The first kappa shape index (κ1) is 16.7. The summed E-state index contributed by atoms with van der Waals surface area (Å²) in [5, 5.41) is 0.552. The number of hydrogen-bond donors (Lipinski definition) is 0. The molecule has 0 N–H and O–H groups in total. The third kappa shape index (κ3) is 2.85. The Balaban J connectivity index is 2.31. The highest BCUT2D eigenvalue weighted by Gasteiger charge is 2.23. The zero-order chi connectivity index (χ0) is 17.4. The van der Waals surface area contributed by atoms with Gasteiger partial charge in [-0.05, 0) is 36.7 Å². The van der Waals surface area contributed by atoms with Crippen molar-refractivity contribution in [1.29, 1.82) is 0 Å². The van der Waals surface area contributed by atoms with Crippen molar-refractivity contribution >= 4 is 23.2 Å². The molecule has 124 valence electrons. The predicted molar refractivity (Wildman–Crippen MR) is 90.2 cm³/mol. The Bertz CT molecular complexity index is 902. The van der Waals surface area contributed by atoms with Gasteiger partial charge in [0.25, 0.3) is 0 Å². The lowest BCUT2D eigenvalue weighted by atomic mass is 10.1. The fourth-order valence-corrected chi connectivity index (χ4v) is 3.03. The molecule has 0 aliphatic heterocycles. The van der Waals surface area contributed by atoms with Gasteiger partial charge in [-0.25, -0.2) is 13.8 Å². The monoisotopic (exact) mass is 368 g/mol. The van der Waals surface area contributed by atoms with E-state index in [9.17, 15) is 8.78 Å². The number of benzene rings is 2. The second kappa shape index (κ2) is 6.42. The topological polar surface area (TPSA) is 27.1 Å². The SMILES string of the molecule is COc1cc(F)c(-c2c(C)nc(Cl)n2-c2cccc(Cl)c2)c(F)c1. The number of aryl methyl sites for hydroxylation is 1. The van der Waals surface area contributed by atoms with Crippen LogP contribution < -0.4 is 4.74 Å². The number of imidazole rings is 1. The fourth-order valence-electron chi connectivity index (χ4n) is 2.53. The Morgan fingerprint density at radius 2 is 1.75 bits per heavy atom. The van der Waals surface area contributed by atoms with E-state index in [0.717, 1.165) is 12.1 Å². The molecule has 3 rings (SSSR count). The number of aromatic nitrogens is 2. The molecule has 0 amide bonds. The molecule has 1 aromatic heterocycles. The second-order valence-electron chi connectivity index (χ2n) is 5.10. The number of rotatable bonds is 3. The zero-order valence-electron chi connectivity index (χ0n) is 12.8. The lowest BCUT2D eigenvalue weighted by molar-refractivity contribution is 0.407. The van der Waals surface area contributed by atoms with Crippen molar-refractivity contribution in [3.8, 4) is 22.7 Å². The summed E-state index contributed by atoms with van der Waals surface area (Å²) in [6, 6.07) is 8.99. The summed E-state index contributed by atoms with van der Waals surface area (Å²) in [6.45, 7) is 1.63. The minimum absolute atomic E-state index is 0.0828. The predicted octanol–water partition coefficient (Wildman–Crippen LogP) is 5.44. The highest BCUT2D eigenvalue weighted by molar-refractivity contribution is 6.31. The van der Waals surface area contributed by atoms with Gasteiger partial charge in [-0.1, -0.05) is 17.7 Å². The molecule has 0 atom stereocenters. The minimum atomic E-state index is -0.769. The summed E-state index contributed by atoms with van der Waals surface area (Å²) >= 11 is 12.2. The van der Waals surface area contributed by atoms with Crippen molar-refractivity contribution in [2.45, 2.75) is 6.92 Å². The first-order valence-electron chi connectivity index (χ1n) is 6.96. The van der Waals surface area contributed by atoms with E-state index in [0.29, 0.717) is 16.4 Å². The van der Waals surface area contributed by atoms with Crippen LogP contribution in [-0.4, -0.2) is 16.7 Å². The number of hydrogen-bond acceptors (Lipinski definition) is 2. The molecule has 1 heterocycles. The van der Waals surface area contributed by atoms with Crippen LogP contribution in [0.2, 0.25) is 10.3 Å². The summed E-state index contributed by atoms with van der Waals surface area (Å²) < 4.78 is 35.4. The molecule has 0 radical (unpaired) electrons. The molecule has 24 heavy (non-hydrogen) atoms. The summed E-state index contributed by atoms with van der Waals surface area (Å²) in [5.41, 5.74) is 0.938. The van der Waals surface area contributed by atoms with Gasteiger partial charge in [-0.3, -0.25) is 4.57 Å². The zero-order valence-corrected chi connectivity index (χ0v) is 14.3. The van der Waals surface area contributed by atoms with E-state index in [1.54, 1.807) is 31.2 Å². The highest BCUT2D eigenvalue weighted by atomic mass is 35.5. The first-order valence-corrected chi connectivity index (χ1v) is 7.72. The first-order chi connectivity index (χ1) is 11.4. The van der Waals surface area contributed by atoms with E-state index in [4.69, 9.17) is 27.9 Å². The van der Waals surface area contributed by atoms with E-state index in [-0.39, 0.29) is 22.3 Å². The number of methoxy groups -OCH3 is 1. The van der Waals surface area contributed by atoms with E-state index < -0.39 is 11.6 Å². The van der Waals surface area contributed by atoms with Crippen LogP contribution in [0.3, 0.4) is 0 Å². The van der Waals surface area contributed by atoms with Crippen LogP contribution in [-0.2, 0) is 0 Å². The summed E-state index contributed by atoms with van der Waals surface area (Å²) in [7, 11) is 1.34. The molecule has 3 nitrogen and oxygen atoms in total. The van der Waals surface area contributed by atoms with E-state index in [1.165, 1.54) is 11.7 Å². The molecule has 0 saturated carbocycles. The smallest absolute Gasteiger partial charge is 0.208 e. The molecular formula is C17H12Cl2F2N2O. The molecule has 0 saturated heterocycles. The molecule has 2 aromatic carbocycles. The highest BCUT2D eigenvalue weighted by Crippen LogP contribution is 2.36. The van der Waals surface area contributed by atoms with Crippen LogP contribution >= 0.6 is 23.2 Å². The van der Waals surface area contributed by atoms with Gasteiger partial charge in [-0.15, -0.1) is 0 Å². The molecule has 0 unspecified atom stereocenters. The number of nitrogens with zero attached hydrogens (tertiary/aromatic N) is 2. The maximum absolute atomic E-state index is 14.5. The molecule has 0 spiro atoms. The molecule has 0 aliphatic rings. The fraction of sp³-hybridized carbons (Fsp3) is 0.118. The van der Waals surface area contributed by atoms with Gasteiger partial charge in [0.1, 0.15) is 17.4 Å². The lowest BCUT2D eigenvalue weighted by Crippen LogP contribution is -2.02. The molecular weight excluding hydrogens is 357 g/mol. The van der Waals surface area contributed by atoms with Crippen molar-refractivity contribution in [3.63, 3.8) is 0 Å². The summed E-state index contributed by atoms with van der Waals surface area (Å²) in [5.74, 6) is -1.45. The average Bonchev–Trinajstić information content (AvgIpc) is 2.81. The Morgan fingerprint density at radius 1 is 1.08 bits per heavy atom. The van der Waals surface area contributed by atoms with E-state index >= 15 is 0 Å². The van der Waals surface area contributed by atoms with Crippen LogP contribution in [0.1, 0.15) is 5.69 Å². The maximum atomic E-state index is 14.5. The standard InChI is InChI=1S/C17H12Cl2F2N2O/c1-9-16(15-13(20)7-12(24-2)8-14(15)21)23(17(19)22-9)11-5-3-4-10(18)6-11/h3-8H,1-2H3. The Morgan fingerprint density at radius 3 is 2.33 bits per heavy atom. The van der Waals surface area contributed by atoms with E-state index in [1.807, 2.05) is 0 Å². The van der Waals surface area contributed by atoms with Crippen molar-refractivity contribution in [2.24, 2.45) is 0 Å². The normalized spacial score (nSPS) is 10.9. The van der Waals surface area contributed by atoms with Crippen LogP contribution in [0.15, 0.2) is 36.4 Å². The van der Waals surface area contributed by atoms with Crippen molar-refractivity contribution in [2.75, 3.05) is 7.11 Å². The number of halogens is 4. The van der Waals surface area contributed by atoms with Crippen LogP contribution in [0, 0.1) is 18.6 Å². The third-order valence-electron chi connectivity index (χ3n) is 3.57. The molecule has 3 aromatic rings. The van der Waals surface area contributed by atoms with Crippen molar-refractivity contribution < 1.29 is 13.5 Å². The molecule has 0 aliphatic carbocycles. The minimum Gasteiger partial charge on any atom is -0.497 e. The van der Waals surface area contributed by atoms with Gasteiger partial charge in [0.05, 0.1) is 29.7 Å². The van der Waals surface area contributed by atoms with Crippen LogP contribution in [0.4, 0.5) is 8.78 Å². The van der Waals surface area contributed by atoms with Crippen LogP contribution in [0.25, 0.3) is 16.9 Å². The molecule has 7 heteroatoms. The Kier molecular flexibility index (Phi) is 4.47. The van der Waals surface area contributed by atoms with Gasteiger partial charge in [-0.2, -0.15) is 0 Å².